The van der Waals surface area contributed by atoms with Crippen molar-refractivity contribution in [3.05, 3.63) is 120 Å². The third kappa shape index (κ3) is 11.0. The Morgan fingerprint density at radius 3 is 1.91 bits per heavy atom. The first-order valence-electron chi connectivity index (χ1n) is 15.9. The maximum atomic E-state index is 4.56. The van der Waals surface area contributed by atoms with Crippen LogP contribution in [0.1, 0.15) is 35.4 Å². The van der Waals surface area contributed by atoms with Gasteiger partial charge in [0.25, 0.3) is 0 Å². The molecule has 226 valence electrons. The molecule has 0 spiro atoms. The molecule has 2 aromatic carbocycles. The Balaban J connectivity index is 1.21. The molecule has 2 aromatic heterocycles. The van der Waals surface area contributed by atoms with Gasteiger partial charge in [-0.05, 0) is 91.6 Å². The van der Waals surface area contributed by atoms with Crippen molar-refractivity contribution in [3.8, 4) is 11.1 Å². The van der Waals surface area contributed by atoms with E-state index < -0.39 is 0 Å². The predicted molar refractivity (Wildman–Crippen MR) is 176 cm³/mol. The van der Waals surface area contributed by atoms with E-state index in [-0.39, 0.29) is 0 Å². The molecule has 1 fully saturated rings. The van der Waals surface area contributed by atoms with Gasteiger partial charge >= 0.3 is 0 Å². The SMILES string of the molecule is c1ccc(CN(Cc2ccc(-c3cccc(CN4CCCNCCNCCCNCC4)c3)cc2)Cc2ccccn2)nc1. The predicted octanol–water partition coefficient (Wildman–Crippen LogP) is 4.71. The zero-order chi connectivity index (χ0) is 29.4. The van der Waals surface area contributed by atoms with Gasteiger partial charge in [-0.1, -0.05) is 54.6 Å². The molecule has 4 aromatic rings. The first-order valence-corrected chi connectivity index (χ1v) is 15.9. The third-order valence-electron chi connectivity index (χ3n) is 7.87. The molecule has 7 heteroatoms. The Morgan fingerprint density at radius 1 is 0.558 bits per heavy atom. The lowest BCUT2D eigenvalue weighted by atomic mass is 10.0. The molecule has 5 rings (SSSR count). The minimum absolute atomic E-state index is 0.778. The minimum Gasteiger partial charge on any atom is -0.315 e. The van der Waals surface area contributed by atoms with Crippen LogP contribution in [0.5, 0.6) is 0 Å². The highest BCUT2D eigenvalue weighted by Crippen LogP contribution is 2.23. The fourth-order valence-corrected chi connectivity index (χ4v) is 5.60. The summed E-state index contributed by atoms with van der Waals surface area (Å²) in [6, 6.07) is 30.4. The van der Waals surface area contributed by atoms with Gasteiger partial charge in [0, 0.05) is 64.8 Å². The number of nitrogens with one attached hydrogen (secondary N) is 3. The number of aromatic nitrogens is 2. The molecule has 0 aliphatic carbocycles. The van der Waals surface area contributed by atoms with Gasteiger partial charge < -0.3 is 16.0 Å². The van der Waals surface area contributed by atoms with E-state index in [2.05, 4.69) is 109 Å². The van der Waals surface area contributed by atoms with E-state index in [4.69, 9.17) is 0 Å². The lowest BCUT2D eigenvalue weighted by Crippen LogP contribution is -2.36. The minimum atomic E-state index is 0.778. The highest BCUT2D eigenvalue weighted by molar-refractivity contribution is 5.64. The Hall–Kier alpha value is -3.46. The van der Waals surface area contributed by atoms with E-state index in [1.54, 1.807) is 0 Å². The Kier molecular flexibility index (Phi) is 12.7. The van der Waals surface area contributed by atoms with Crippen molar-refractivity contribution < 1.29 is 0 Å². The second-order valence-corrected chi connectivity index (χ2v) is 11.4. The van der Waals surface area contributed by atoms with Crippen LogP contribution in [0.3, 0.4) is 0 Å². The monoisotopic (exact) mass is 577 g/mol. The van der Waals surface area contributed by atoms with Gasteiger partial charge in [0.05, 0.1) is 11.4 Å². The summed E-state index contributed by atoms with van der Waals surface area (Å²) in [5.41, 5.74) is 7.33. The highest BCUT2D eigenvalue weighted by atomic mass is 15.1. The maximum absolute atomic E-state index is 4.56. The first kappa shape index (κ1) is 31.0. The van der Waals surface area contributed by atoms with E-state index in [0.717, 1.165) is 89.9 Å². The summed E-state index contributed by atoms with van der Waals surface area (Å²) in [6.45, 7) is 11.9. The van der Waals surface area contributed by atoms with Crippen molar-refractivity contribution in [2.45, 2.75) is 39.0 Å². The molecule has 43 heavy (non-hydrogen) atoms. The van der Waals surface area contributed by atoms with Gasteiger partial charge in [0.1, 0.15) is 0 Å². The van der Waals surface area contributed by atoms with Crippen LogP contribution in [-0.2, 0) is 26.2 Å². The fourth-order valence-electron chi connectivity index (χ4n) is 5.60. The lowest BCUT2D eigenvalue weighted by Gasteiger charge is -2.23. The molecule has 0 unspecified atom stereocenters. The molecule has 0 amide bonds. The molecular weight excluding hydrogens is 530 g/mol. The molecule has 7 nitrogen and oxygen atoms in total. The Morgan fingerprint density at radius 2 is 1.23 bits per heavy atom. The van der Waals surface area contributed by atoms with Crippen LogP contribution < -0.4 is 16.0 Å². The van der Waals surface area contributed by atoms with Crippen LogP contribution in [0.15, 0.2) is 97.3 Å². The molecule has 0 bridgehead atoms. The average Bonchev–Trinajstić information content (AvgIpc) is 3.04. The van der Waals surface area contributed by atoms with Crippen LogP contribution in [0.4, 0.5) is 0 Å². The van der Waals surface area contributed by atoms with Gasteiger partial charge in [0.2, 0.25) is 0 Å². The largest absolute Gasteiger partial charge is 0.315 e. The topological polar surface area (TPSA) is 68.3 Å². The van der Waals surface area contributed by atoms with Gasteiger partial charge in [-0.2, -0.15) is 0 Å². The number of hydrogen-bond donors (Lipinski definition) is 3. The normalized spacial score (nSPS) is 16.1. The fraction of sp³-hybridized carbons (Fsp3) is 0.389. The standard InChI is InChI=1S/C36H47N7/c1-3-19-40-35(10-1)29-43(30-36-11-2-4-20-41-36)27-31-12-14-33(15-13-31)34-9-5-8-32(26-34)28-42-24-7-18-38-22-21-37-16-6-17-39-23-25-42/h1-5,8-15,19-20,26,37-39H,6-7,16-18,21-25,27-30H2. The van der Waals surface area contributed by atoms with Gasteiger partial charge in [-0.15, -0.1) is 0 Å². The smallest absolute Gasteiger partial charge is 0.0544 e. The average molecular weight is 578 g/mol. The zero-order valence-electron chi connectivity index (χ0n) is 25.4. The summed E-state index contributed by atoms with van der Waals surface area (Å²) in [4.78, 5) is 14.1. The van der Waals surface area contributed by atoms with E-state index in [1.807, 2.05) is 24.5 Å². The van der Waals surface area contributed by atoms with E-state index in [0.29, 0.717) is 0 Å². The second-order valence-electron chi connectivity index (χ2n) is 11.4. The quantitative estimate of drug-likeness (QED) is 0.266. The molecule has 0 saturated carbocycles. The van der Waals surface area contributed by atoms with Crippen LogP contribution in [0.2, 0.25) is 0 Å². The molecule has 1 aliphatic heterocycles. The molecule has 3 heterocycles. The van der Waals surface area contributed by atoms with Crippen molar-refractivity contribution in [1.82, 2.24) is 35.7 Å². The molecule has 3 N–H and O–H groups in total. The zero-order valence-corrected chi connectivity index (χ0v) is 25.4. The van der Waals surface area contributed by atoms with Crippen LogP contribution in [-0.4, -0.2) is 72.1 Å². The first-order chi connectivity index (χ1) is 21.3. The number of nitrogens with zero attached hydrogens (tertiary/aromatic N) is 4. The lowest BCUT2D eigenvalue weighted by molar-refractivity contribution is 0.242. The summed E-state index contributed by atoms with van der Waals surface area (Å²) in [7, 11) is 0. The Bertz CT molecular complexity index is 1260. The molecular formula is C36H47N7. The summed E-state index contributed by atoms with van der Waals surface area (Å²) in [5, 5.41) is 10.7. The van der Waals surface area contributed by atoms with Crippen molar-refractivity contribution in [1.29, 1.82) is 0 Å². The number of rotatable bonds is 9. The van der Waals surface area contributed by atoms with Crippen molar-refractivity contribution in [2.75, 3.05) is 52.4 Å². The van der Waals surface area contributed by atoms with E-state index >= 15 is 0 Å². The molecule has 0 radical (unpaired) electrons. The van der Waals surface area contributed by atoms with Gasteiger partial charge in [0.15, 0.2) is 0 Å². The van der Waals surface area contributed by atoms with Crippen LogP contribution in [0, 0.1) is 0 Å². The molecule has 1 saturated heterocycles. The van der Waals surface area contributed by atoms with Crippen molar-refractivity contribution >= 4 is 0 Å². The highest BCUT2D eigenvalue weighted by Gasteiger charge is 2.11. The van der Waals surface area contributed by atoms with Crippen LogP contribution >= 0.6 is 0 Å². The van der Waals surface area contributed by atoms with Crippen molar-refractivity contribution in [2.24, 2.45) is 0 Å². The van der Waals surface area contributed by atoms with E-state index in [9.17, 15) is 0 Å². The number of hydrogen-bond acceptors (Lipinski definition) is 7. The van der Waals surface area contributed by atoms with Gasteiger partial charge in [-0.3, -0.25) is 19.8 Å². The molecule has 1 aliphatic rings. The second kappa shape index (κ2) is 17.6. The summed E-state index contributed by atoms with van der Waals surface area (Å²) >= 11 is 0. The third-order valence-corrected chi connectivity index (χ3v) is 7.87. The summed E-state index contributed by atoms with van der Waals surface area (Å²) in [5.74, 6) is 0. The number of benzene rings is 2. The summed E-state index contributed by atoms with van der Waals surface area (Å²) < 4.78 is 0. The van der Waals surface area contributed by atoms with E-state index in [1.165, 1.54) is 35.1 Å². The molecule has 0 atom stereocenters. The Labute approximate surface area is 257 Å². The van der Waals surface area contributed by atoms with Crippen LogP contribution in [0.25, 0.3) is 11.1 Å². The number of pyridine rings is 2. The van der Waals surface area contributed by atoms with Crippen molar-refractivity contribution in [3.63, 3.8) is 0 Å². The maximum Gasteiger partial charge on any atom is 0.0544 e. The summed E-state index contributed by atoms with van der Waals surface area (Å²) in [6.07, 6.45) is 6.07. The van der Waals surface area contributed by atoms with Gasteiger partial charge in [-0.25, -0.2) is 0 Å².